The van der Waals surface area contributed by atoms with Gasteiger partial charge in [-0.05, 0) is 31.2 Å². The molecular formula is C19H20N2O6S. The van der Waals surface area contributed by atoms with E-state index >= 15 is 0 Å². The summed E-state index contributed by atoms with van der Waals surface area (Å²) < 4.78 is 49.4. The van der Waals surface area contributed by atoms with Crippen LogP contribution in [0.15, 0.2) is 57.9 Å². The number of methoxy groups -OCH3 is 2. The van der Waals surface area contributed by atoms with Crippen LogP contribution in [0.25, 0.3) is 11.3 Å². The number of anilines is 1. The first-order valence-electron chi connectivity index (χ1n) is 8.43. The molecule has 3 rings (SSSR count). The van der Waals surface area contributed by atoms with Crippen molar-refractivity contribution in [1.29, 1.82) is 0 Å². The van der Waals surface area contributed by atoms with Crippen molar-refractivity contribution in [3.05, 3.63) is 48.5 Å². The van der Waals surface area contributed by atoms with Gasteiger partial charge in [-0.25, -0.2) is 8.42 Å². The third kappa shape index (κ3) is 3.89. The fourth-order valence-corrected chi connectivity index (χ4v) is 3.98. The molecule has 0 amide bonds. The van der Waals surface area contributed by atoms with Gasteiger partial charge in [0, 0.05) is 6.07 Å². The molecule has 0 atom stereocenters. The molecule has 0 saturated carbocycles. The predicted molar refractivity (Wildman–Crippen MR) is 103 cm³/mol. The molecule has 2 aromatic carbocycles. The van der Waals surface area contributed by atoms with Gasteiger partial charge < -0.3 is 18.7 Å². The summed E-state index contributed by atoms with van der Waals surface area (Å²) in [6, 6.07) is 13.4. The van der Waals surface area contributed by atoms with Crippen molar-refractivity contribution in [2.24, 2.45) is 0 Å². The number of nitrogens with zero attached hydrogens (tertiary/aromatic N) is 1. The predicted octanol–water partition coefficient (Wildman–Crippen LogP) is 3.56. The molecule has 1 N–H and O–H groups in total. The lowest BCUT2D eigenvalue weighted by Gasteiger charge is -2.13. The van der Waals surface area contributed by atoms with Gasteiger partial charge in [0.2, 0.25) is 0 Å². The van der Waals surface area contributed by atoms with Gasteiger partial charge >= 0.3 is 0 Å². The highest BCUT2D eigenvalue weighted by atomic mass is 32.2. The van der Waals surface area contributed by atoms with Gasteiger partial charge in [-0.2, -0.15) is 0 Å². The van der Waals surface area contributed by atoms with E-state index in [1.807, 2.05) is 19.1 Å². The summed E-state index contributed by atoms with van der Waals surface area (Å²) in [5.74, 6) is 1.31. The Morgan fingerprint density at radius 1 is 1.00 bits per heavy atom. The zero-order chi connectivity index (χ0) is 20.1. The van der Waals surface area contributed by atoms with Crippen LogP contribution in [-0.4, -0.2) is 34.4 Å². The van der Waals surface area contributed by atoms with E-state index < -0.39 is 10.0 Å². The molecule has 0 aliphatic carbocycles. The van der Waals surface area contributed by atoms with Crippen molar-refractivity contribution in [1.82, 2.24) is 5.16 Å². The lowest BCUT2D eigenvalue weighted by atomic mass is 10.1. The first-order valence-corrected chi connectivity index (χ1v) is 9.91. The van der Waals surface area contributed by atoms with E-state index in [0.717, 1.165) is 0 Å². The fraction of sp³-hybridized carbons (Fsp3) is 0.211. The molecule has 0 bridgehead atoms. The standard InChI is InChI=1S/C19H20N2O6S/c1-4-26-14-9-6-5-8-13(14)17-12-18(20-27-17)21-28(22,23)19-15(24-2)10-7-11-16(19)25-3/h5-12H,4H2,1-3H3,(H,20,21). The summed E-state index contributed by atoms with van der Waals surface area (Å²) in [5.41, 5.74) is 0.664. The smallest absolute Gasteiger partial charge is 0.270 e. The summed E-state index contributed by atoms with van der Waals surface area (Å²) >= 11 is 0. The first kappa shape index (κ1) is 19.6. The molecule has 0 radical (unpaired) electrons. The lowest BCUT2D eigenvalue weighted by molar-refractivity contribution is 0.339. The van der Waals surface area contributed by atoms with E-state index in [0.29, 0.717) is 23.7 Å². The molecule has 0 spiro atoms. The van der Waals surface area contributed by atoms with Crippen LogP contribution in [0.2, 0.25) is 0 Å². The van der Waals surface area contributed by atoms with E-state index in [4.69, 9.17) is 18.7 Å². The number of benzene rings is 2. The normalized spacial score (nSPS) is 11.1. The molecule has 1 heterocycles. The van der Waals surface area contributed by atoms with E-state index in [1.54, 1.807) is 18.2 Å². The molecular weight excluding hydrogens is 384 g/mol. The number of nitrogens with one attached hydrogen (secondary N) is 1. The molecule has 1 aromatic heterocycles. The fourth-order valence-electron chi connectivity index (χ4n) is 2.67. The minimum atomic E-state index is -4.04. The van der Waals surface area contributed by atoms with Crippen LogP contribution < -0.4 is 18.9 Å². The Balaban J connectivity index is 1.94. The SMILES string of the molecule is CCOc1ccccc1-c1cc(NS(=O)(=O)c2c(OC)cccc2OC)no1. The van der Waals surface area contributed by atoms with Gasteiger partial charge in [0.25, 0.3) is 10.0 Å². The minimum Gasteiger partial charge on any atom is -0.495 e. The Morgan fingerprint density at radius 2 is 1.64 bits per heavy atom. The quantitative estimate of drug-likeness (QED) is 0.613. The summed E-state index contributed by atoms with van der Waals surface area (Å²) in [6.45, 7) is 2.36. The average molecular weight is 404 g/mol. The number of ether oxygens (including phenoxy) is 3. The van der Waals surface area contributed by atoms with Crippen molar-refractivity contribution < 1.29 is 27.2 Å². The minimum absolute atomic E-state index is 0.0225. The van der Waals surface area contributed by atoms with Crippen LogP contribution in [-0.2, 0) is 10.0 Å². The van der Waals surface area contributed by atoms with Crippen LogP contribution >= 0.6 is 0 Å². The number of rotatable bonds is 8. The maximum atomic E-state index is 12.9. The third-order valence-corrected chi connectivity index (χ3v) is 5.27. The van der Waals surface area contributed by atoms with Crippen LogP contribution in [0.1, 0.15) is 6.92 Å². The van der Waals surface area contributed by atoms with Gasteiger partial charge in [-0.15, -0.1) is 0 Å². The Bertz CT molecular complexity index is 1040. The van der Waals surface area contributed by atoms with Crippen LogP contribution in [0, 0.1) is 0 Å². The highest BCUT2D eigenvalue weighted by molar-refractivity contribution is 7.93. The lowest BCUT2D eigenvalue weighted by Crippen LogP contribution is -2.15. The van der Waals surface area contributed by atoms with Crippen molar-refractivity contribution in [2.75, 3.05) is 25.5 Å². The van der Waals surface area contributed by atoms with Crippen molar-refractivity contribution >= 4 is 15.8 Å². The van der Waals surface area contributed by atoms with Gasteiger partial charge in [0.05, 0.1) is 26.4 Å². The summed E-state index contributed by atoms with van der Waals surface area (Å²) in [7, 11) is -1.28. The second-order valence-electron chi connectivity index (χ2n) is 5.60. The third-order valence-electron chi connectivity index (χ3n) is 3.85. The molecule has 9 heteroatoms. The average Bonchev–Trinajstić information content (AvgIpc) is 3.15. The van der Waals surface area contributed by atoms with Gasteiger partial charge in [0.1, 0.15) is 17.2 Å². The molecule has 8 nitrogen and oxygen atoms in total. The number of sulfonamides is 1. The molecule has 0 fully saturated rings. The number of hydrogen-bond donors (Lipinski definition) is 1. The molecule has 28 heavy (non-hydrogen) atoms. The van der Waals surface area contributed by atoms with E-state index in [-0.39, 0.29) is 22.2 Å². The Hall–Kier alpha value is -3.20. The summed E-state index contributed by atoms with van der Waals surface area (Å²) in [6.07, 6.45) is 0. The molecule has 148 valence electrons. The zero-order valence-electron chi connectivity index (χ0n) is 15.6. The van der Waals surface area contributed by atoms with Crippen LogP contribution in [0.5, 0.6) is 17.2 Å². The number of hydrogen-bond acceptors (Lipinski definition) is 7. The second kappa shape index (κ2) is 8.22. The highest BCUT2D eigenvalue weighted by Gasteiger charge is 2.26. The number of para-hydroxylation sites is 1. The Kier molecular flexibility index (Phi) is 5.74. The largest absolute Gasteiger partial charge is 0.495 e. The van der Waals surface area contributed by atoms with E-state index in [1.165, 1.54) is 32.4 Å². The van der Waals surface area contributed by atoms with E-state index in [9.17, 15) is 8.42 Å². The second-order valence-corrected chi connectivity index (χ2v) is 7.22. The molecule has 3 aromatic rings. The van der Waals surface area contributed by atoms with Gasteiger partial charge in [-0.3, -0.25) is 4.72 Å². The summed E-state index contributed by atoms with van der Waals surface area (Å²) in [4.78, 5) is -0.126. The summed E-state index contributed by atoms with van der Waals surface area (Å²) in [5, 5.41) is 3.81. The topological polar surface area (TPSA) is 99.9 Å². The molecule has 0 saturated heterocycles. The zero-order valence-corrected chi connectivity index (χ0v) is 16.4. The Morgan fingerprint density at radius 3 is 2.29 bits per heavy atom. The van der Waals surface area contributed by atoms with Gasteiger partial charge in [-0.1, -0.05) is 23.4 Å². The van der Waals surface area contributed by atoms with Crippen molar-refractivity contribution in [3.63, 3.8) is 0 Å². The maximum Gasteiger partial charge on any atom is 0.270 e. The van der Waals surface area contributed by atoms with Gasteiger partial charge in [0.15, 0.2) is 16.5 Å². The number of aromatic nitrogens is 1. The van der Waals surface area contributed by atoms with E-state index in [2.05, 4.69) is 9.88 Å². The molecule has 0 unspecified atom stereocenters. The first-order chi connectivity index (χ1) is 13.5. The monoisotopic (exact) mass is 404 g/mol. The maximum absolute atomic E-state index is 12.9. The van der Waals surface area contributed by atoms with Crippen molar-refractivity contribution in [3.8, 4) is 28.6 Å². The Labute approximate surface area is 163 Å². The van der Waals surface area contributed by atoms with Crippen LogP contribution in [0.4, 0.5) is 5.82 Å². The molecule has 0 aliphatic heterocycles. The van der Waals surface area contributed by atoms with Crippen molar-refractivity contribution in [2.45, 2.75) is 11.8 Å². The van der Waals surface area contributed by atoms with Crippen LogP contribution in [0.3, 0.4) is 0 Å². The highest BCUT2D eigenvalue weighted by Crippen LogP contribution is 2.35. The molecule has 0 aliphatic rings.